The number of para-hydroxylation sites is 1. The van der Waals surface area contributed by atoms with Crippen molar-refractivity contribution >= 4 is 57.7 Å². The van der Waals surface area contributed by atoms with E-state index in [1.807, 2.05) is 30.3 Å². The second-order valence-electron chi connectivity index (χ2n) is 6.91. The number of aryl methyl sites for hydroxylation is 1. The number of hydrogen-bond acceptors (Lipinski definition) is 3. The van der Waals surface area contributed by atoms with Gasteiger partial charge in [0.15, 0.2) is 6.17 Å². The zero-order valence-corrected chi connectivity index (χ0v) is 18.0. The lowest BCUT2D eigenvalue weighted by Gasteiger charge is -2.16. The monoisotopic (exact) mass is 433 g/mol. The molecule has 0 bridgehead atoms. The molecule has 7 heteroatoms. The molecule has 2 aromatic rings. The van der Waals surface area contributed by atoms with E-state index >= 15 is 0 Å². The number of aliphatic imine (C=N–C) groups is 1. The normalized spacial score (nSPS) is 16.1. The SMILES string of the molecule is CC(C)C1=NC(NC(=O)CCc2ccc(Cl)cc2Cl)C(=S)Nc2ccccc21. The van der Waals surface area contributed by atoms with Crippen molar-refractivity contribution in [2.75, 3.05) is 5.32 Å². The highest BCUT2D eigenvalue weighted by Gasteiger charge is 2.24. The molecule has 1 amide bonds. The van der Waals surface area contributed by atoms with Crippen molar-refractivity contribution in [1.82, 2.24) is 5.32 Å². The lowest BCUT2D eigenvalue weighted by Crippen LogP contribution is -2.41. The van der Waals surface area contributed by atoms with Gasteiger partial charge < -0.3 is 10.6 Å². The summed E-state index contributed by atoms with van der Waals surface area (Å²) in [7, 11) is 0. The van der Waals surface area contributed by atoms with Crippen LogP contribution in [-0.2, 0) is 11.2 Å². The van der Waals surface area contributed by atoms with E-state index < -0.39 is 6.17 Å². The van der Waals surface area contributed by atoms with Crippen molar-refractivity contribution in [2.24, 2.45) is 10.9 Å². The number of thiocarbonyl (C=S) groups is 1. The number of benzodiazepines with no additional fused rings is 1. The Morgan fingerprint density at radius 3 is 2.71 bits per heavy atom. The molecule has 4 nitrogen and oxygen atoms in total. The van der Waals surface area contributed by atoms with Crippen LogP contribution in [0.1, 0.15) is 31.4 Å². The number of carbonyl (C=O) groups is 1. The highest BCUT2D eigenvalue weighted by Crippen LogP contribution is 2.24. The maximum atomic E-state index is 12.5. The molecule has 2 aromatic carbocycles. The summed E-state index contributed by atoms with van der Waals surface area (Å²) < 4.78 is 0. The fraction of sp³-hybridized carbons (Fsp3) is 0.286. The van der Waals surface area contributed by atoms with Crippen LogP contribution in [0, 0.1) is 5.92 Å². The number of rotatable bonds is 5. The molecule has 3 rings (SSSR count). The van der Waals surface area contributed by atoms with Gasteiger partial charge in [-0.3, -0.25) is 9.79 Å². The number of amides is 1. The van der Waals surface area contributed by atoms with Crippen molar-refractivity contribution in [3.05, 3.63) is 63.6 Å². The Balaban J connectivity index is 1.73. The maximum Gasteiger partial charge on any atom is 0.222 e. The smallest absolute Gasteiger partial charge is 0.222 e. The lowest BCUT2D eigenvalue weighted by molar-refractivity contribution is -0.121. The first-order valence-electron chi connectivity index (χ1n) is 9.06. The van der Waals surface area contributed by atoms with E-state index in [4.69, 9.17) is 40.4 Å². The summed E-state index contributed by atoms with van der Waals surface area (Å²) >= 11 is 17.6. The Morgan fingerprint density at radius 1 is 1.25 bits per heavy atom. The molecule has 146 valence electrons. The summed E-state index contributed by atoms with van der Waals surface area (Å²) in [6.45, 7) is 4.15. The number of hydrogen-bond donors (Lipinski definition) is 2. The largest absolute Gasteiger partial charge is 0.346 e. The van der Waals surface area contributed by atoms with E-state index in [1.54, 1.807) is 12.1 Å². The molecule has 0 saturated heterocycles. The molecule has 1 aliphatic heterocycles. The summed E-state index contributed by atoms with van der Waals surface area (Å²) in [6, 6.07) is 13.2. The zero-order chi connectivity index (χ0) is 20.3. The first-order valence-corrected chi connectivity index (χ1v) is 10.2. The van der Waals surface area contributed by atoms with Gasteiger partial charge in [0.2, 0.25) is 5.91 Å². The van der Waals surface area contributed by atoms with Crippen LogP contribution in [0.25, 0.3) is 0 Å². The van der Waals surface area contributed by atoms with Crippen molar-refractivity contribution in [3.63, 3.8) is 0 Å². The van der Waals surface area contributed by atoms with Crippen molar-refractivity contribution in [2.45, 2.75) is 32.9 Å². The van der Waals surface area contributed by atoms with Gasteiger partial charge in [0, 0.05) is 33.4 Å². The summed E-state index contributed by atoms with van der Waals surface area (Å²) in [5, 5.41) is 7.28. The minimum atomic E-state index is -0.604. The molecule has 0 aromatic heterocycles. The Hall–Kier alpha value is -1.95. The van der Waals surface area contributed by atoms with Gasteiger partial charge in [-0.15, -0.1) is 0 Å². The molecular weight excluding hydrogens is 413 g/mol. The van der Waals surface area contributed by atoms with Crippen LogP contribution in [0.3, 0.4) is 0 Å². The highest BCUT2D eigenvalue weighted by molar-refractivity contribution is 7.80. The molecule has 1 aliphatic rings. The molecule has 0 radical (unpaired) electrons. The van der Waals surface area contributed by atoms with Crippen LogP contribution in [-0.4, -0.2) is 22.8 Å². The quantitative estimate of drug-likeness (QED) is 0.631. The summed E-state index contributed by atoms with van der Waals surface area (Å²) in [5.74, 6) is 0.0501. The van der Waals surface area contributed by atoms with Crippen molar-refractivity contribution in [3.8, 4) is 0 Å². The molecule has 1 atom stereocenters. The average Bonchev–Trinajstić information content (AvgIpc) is 2.78. The van der Waals surface area contributed by atoms with Gasteiger partial charge in [-0.1, -0.05) is 73.5 Å². The number of halogens is 2. The van der Waals surface area contributed by atoms with Gasteiger partial charge in [-0.2, -0.15) is 0 Å². The summed E-state index contributed by atoms with van der Waals surface area (Å²) in [4.78, 5) is 17.8. The standard InChI is InChI=1S/C21H21Cl2N3OS/c1-12(2)19-15-5-3-4-6-17(15)24-21(28)20(26-19)25-18(27)10-8-13-7-9-14(22)11-16(13)23/h3-7,9,11-12,20H,8,10H2,1-2H3,(H,24,28)(H,25,27). The highest BCUT2D eigenvalue weighted by atomic mass is 35.5. The predicted octanol–water partition coefficient (Wildman–Crippen LogP) is 5.27. The summed E-state index contributed by atoms with van der Waals surface area (Å²) in [5.41, 5.74) is 3.70. The van der Waals surface area contributed by atoms with E-state index in [2.05, 4.69) is 24.5 Å². The maximum absolute atomic E-state index is 12.5. The third-order valence-corrected chi connectivity index (χ3v) is 5.37. The van der Waals surface area contributed by atoms with Crippen LogP contribution in [0.5, 0.6) is 0 Å². The molecule has 0 spiro atoms. The van der Waals surface area contributed by atoms with Gasteiger partial charge in [-0.05, 0) is 36.1 Å². The molecule has 0 fully saturated rings. The number of benzene rings is 2. The fourth-order valence-corrected chi connectivity index (χ4v) is 3.76. The van der Waals surface area contributed by atoms with Gasteiger partial charge in [0.1, 0.15) is 4.99 Å². The second-order valence-corrected chi connectivity index (χ2v) is 8.19. The van der Waals surface area contributed by atoms with E-state index in [1.165, 1.54) is 0 Å². The number of carbonyl (C=O) groups excluding carboxylic acids is 1. The van der Waals surface area contributed by atoms with Crippen molar-refractivity contribution in [1.29, 1.82) is 0 Å². The van der Waals surface area contributed by atoms with Crippen LogP contribution in [0.15, 0.2) is 47.5 Å². The molecule has 0 saturated carbocycles. The molecular formula is C21H21Cl2N3OS. The van der Waals surface area contributed by atoms with Gasteiger partial charge in [0.05, 0.1) is 0 Å². The second kappa shape index (κ2) is 9.03. The van der Waals surface area contributed by atoms with Gasteiger partial charge in [0.25, 0.3) is 0 Å². The van der Waals surface area contributed by atoms with Crippen molar-refractivity contribution < 1.29 is 4.79 Å². The molecule has 0 aliphatic carbocycles. The number of fused-ring (bicyclic) bond motifs is 1. The van der Waals surface area contributed by atoms with Crippen LogP contribution < -0.4 is 10.6 Å². The minimum Gasteiger partial charge on any atom is -0.346 e. The third kappa shape index (κ3) is 4.90. The van der Waals surface area contributed by atoms with E-state index in [0.717, 1.165) is 22.5 Å². The van der Waals surface area contributed by atoms with E-state index in [0.29, 0.717) is 21.5 Å². The molecule has 2 N–H and O–H groups in total. The first kappa shape index (κ1) is 20.8. The van der Waals surface area contributed by atoms with Crippen LogP contribution in [0.2, 0.25) is 10.0 Å². The Labute approximate surface area is 180 Å². The molecule has 1 unspecified atom stereocenters. The van der Waals surface area contributed by atoms with Gasteiger partial charge in [-0.25, -0.2) is 0 Å². The number of anilines is 1. The van der Waals surface area contributed by atoms with E-state index in [-0.39, 0.29) is 18.2 Å². The third-order valence-electron chi connectivity index (χ3n) is 4.46. The minimum absolute atomic E-state index is 0.141. The Bertz CT molecular complexity index is 943. The Kier molecular flexibility index (Phi) is 6.70. The van der Waals surface area contributed by atoms with E-state index in [9.17, 15) is 4.79 Å². The fourth-order valence-electron chi connectivity index (χ4n) is 3.04. The summed E-state index contributed by atoms with van der Waals surface area (Å²) in [6.07, 6.45) is 0.184. The Morgan fingerprint density at radius 2 is 2.00 bits per heavy atom. The first-order chi connectivity index (χ1) is 13.3. The van der Waals surface area contributed by atoms with Crippen LogP contribution in [0.4, 0.5) is 5.69 Å². The lowest BCUT2D eigenvalue weighted by atomic mass is 9.98. The van der Waals surface area contributed by atoms with Gasteiger partial charge >= 0.3 is 0 Å². The molecule has 1 heterocycles. The predicted molar refractivity (Wildman–Crippen MR) is 121 cm³/mol. The zero-order valence-electron chi connectivity index (χ0n) is 15.6. The molecule has 28 heavy (non-hydrogen) atoms. The number of nitrogens with one attached hydrogen (secondary N) is 2. The van der Waals surface area contributed by atoms with Crippen LogP contribution >= 0.6 is 35.4 Å². The number of nitrogens with zero attached hydrogens (tertiary/aromatic N) is 1. The topological polar surface area (TPSA) is 53.5 Å². The average molecular weight is 434 g/mol.